The van der Waals surface area contributed by atoms with Crippen LogP contribution in [-0.4, -0.2) is 55.0 Å². The first-order valence-corrected chi connectivity index (χ1v) is 7.03. The topological polar surface area (TPSA) is 35.6 Å². The Balaban J connectivity index is 1.72. The maximum atomic E-state index is 11.5. The molecule has 1 aliphatic heterocycles. The van der Waals surface area contributed by atoms with Gasteiger partial charge in [-0.2, -0.15) is 0 Å². The zero-order valence-electron chi connectivity index (χ0n) is 11.6. The zero-order valence-corrected chi connectivity index (χ0v) is 11.6. The lowest BCUT2D eigenvalue weighted by atomic mass is 10.2. The molecule has 104 valence electrons. The van der Waals surface area contributed by atoms with Crippen LogP contribution >= 0.6 is 0 Å². The van der Waals surface area contributed by atoms with E-state index < -0.39 is 0 Å². The summed E-state index contributed by atoms with van der Waals surface area (Å²) in [5.74, 6) is 0.138. The second kappa shape index (κ2) is 7.26. The largest absolute Gasteiger partial charge is 0.355 e. The first kappa shape index (κ1) is 14.0. The molecule has 0 spiro atoms. The summed E-state index contributed by atoms with van der Waals surface area (Å²) in [5.41, 5.74) is 1.36. The van der Waals surface area contributed by atoms with Gasteiger partial charge in [-0.05, 0) is 12.5 Å². The monoisotopic (exact) mass is 261 g/mol. The number of carbonyl (C=O) groups excluding carboxylic acids is 1. The molecular formula is C15H23N3O. The summed E-state index contributed by atoms with van der Waals surface area (Å²) in [4.78, 5) is 16.2. The van der Waals surface area contributed by atoms with Crippen molar-refractivity contribution in [3.8, 4) is 0 Å². The molecule has 1 aliphatic rings. The number of nitrogens with one attached hydrogen (secondary N) is 1. The van der Waals surface area contributed by atoms with Crippen LogP contribution in [0.2, 0.25) is 0 Å². The number of carbonyl (C=O) groups is 1. The zero-order chi connectivity index (χ0) is 13.5. The molecule has 0 radical (unpaired) electrons. The third-order valence-electron chi connectivity index (χ3n) is 3.46. The van der Waals surface area contributed by atoms with E-state index in [1.54, 1.807) is 0 Å². The van der Waals surface area contributed by atoms with E-state index in [1.807, 2.05) is 13.0 Å². The van der Waals surface area contributed by atoms with Crippen molar-refractivity contribution in [2.75, 3.05) is 39.3 Å². The SMILES string of the molecule is CCNC(=O)CN1CCN(Cc2ccccc2)CC1. The van der Waals surface area contributed by atoms with Crippen LogP contribution in [0.4, 0.5) is 0 Å². The van der Waals surface area contributed by atoms with Crippen molar-refractivity contribution < 1.29 is 4.79 Å². The van der Waals surface area contributed by atoms with Gasteiger partial charge in [0.05, 0.1) is 6.54 Å². The number of rotatable bonds is 5. The Morgan fingerprint density at radius 2 is 1.74 bits per heavy atom. The first-order chi connectivity index (χ1) is 9.28. The molecule has 1 aromatic rings. The number of hydrogen-bond donors (Lipinski definition) is 1. The maximum absolute atomic E-state index is 11.5. The Bertz CT molecular complexity index is 386. The molecule has 1 fully saturated rings. The molecule has 1 amide bonds. The first-order valence-electron chi connectivity index (χ1n) is 7.03. The normalized spacial score (nSPS) is 17.3. The highest BCUT2D eigenvalue weighted by Gasteiger charge is 2.18. The Morgan fingerprint density at radius 1 is 1.11 bits per heavy atom. The van der Waals surface area contributed by atoms with E-state index in [1.165, 1.54) is 5.56 Å². The number of benzene rings is 1. The molecule has 0 aromatic heterocycles. The highest BCUT2D eigenvalue weighted by molar-refractivity contribution is 5.77. The molecule has 0 atom stereocenters. The van der Waals surface area contributed by atoms with Crippen molar-refractivity contribution in [2.24, 2.45) is 0 Å². The third-order valence-corrected chi connectivity index (χ3v) is 3.46. The van der Waals surface area contributed by atoms with Crippen LogP contribution in [-0.2, 0) is 11.3 Å². The number of likely N-dealkylation sites (N-methyl/N-ethyl adjacent to an activating group) is 1. The van der Waals surface area contributed by atoms with E-state index in [4.69, 9.17) is 0 Å². The summed E-state index contributed by atoms with van der Waals surface area (Å²) in [6, 6.07) is 10.6. The van der Waals surface area contributed by atoms with Crippen molar-refractivity contribution in [3.63, 3.8) is 0 Å². The van der Waals surface area contributed by atoms with E-state index in [2.05, 4.69) is 39.4 Å². The molecule has 1 heterocycles. The third kappa shape index (κ3) is 4.65. The lowest BCUT2D eigenvalue weighted by molar-refractivity contribution is -0.122. The van der Waals surface area contributed by atoms with Gasteiger partial charge in [-0.15, -0.1) is 0 Å². The minimum absolute atomic E-state index is 0.138. The Kier molecular flexibility index (Phi) is 5.36. The van der Waals surface area contributed by atoms with Gasteiger partial charge in [0.25, 0.3) is 0 Å². The Labute approximate surface area is 115 Å². The van der Waals surface area contributed by atoms with E-state index in [0.717, 1.165) is 32.7 Å². The van der Waals surface area contributed by atoms with Crippen LogP contribution in [0.5, 0.6) is 0 Å². The summed E-state index contributed by atoms with van der Waals surface area (Å²) < 4.78 is 0. The van der Waals surface area contributed by atoms with Crippen LogP contribution in [0.15, 0.2) is 30.3 Å². The molecule has 0 bridgehead atoms. The van der Waals surface area contributed by atoms with Crippen molar-refractivity contribution in [1.82, 2.24) is 15.1 Å². The van der Waals surface area contributed by atoms with E-state index >= 15 is 0 Å². The fraction of sp³-hybridized carbons (Fsp3) is 0.533. The lowest BCUT2D eigenvalue weighted by Gasteiger charge is -2.34. The molecule has 0 aliphatic carbocycles. The van der Waals surface area contributed by atoms with E-state index in [9.17, 15) is 4.79 Å². The van der Waals surface area contributed by atoms with Crippen molar-refractivity contribution in [2.45, 2.75) is 13.5 Å². The summed E-state index contributed by atoms with van der Waals surface area (Å²) in [7, 11) is 0. The minimum atomic E-state index is 0.138. The fourth-order valence-corrected chi connectivity index (χ4v) is 2.40. The summed E-state index contributed by atoms with van der Waals surface area (Å²) in [6.07, 6.45) is 0. The number of amides is 1. The van der Waals surface area contributed by atoms with Crippen molar-refractivity contribution in [1.29, 1.82) is 0 Å². The van der Waals surface area contributed by atoms with Crippen LogP contribution < -0.4 is 5.32 Å². The Hall–Kier alpha value is -1.39. The highest BCUT2D eigenvalue weighted by Crippen LogP contribution is 2.07. The van der Waals surface area contributed by atoms with Crippen LogP contribution in [0.1, 0.15) is 12.5 Å². The molecule has 1 saturated heterocycles. The molecule has 19 heavy (non-hydrogen) atoms. The Morgan fingerprint density at radius 3 is 2.37 bits per heavy atom. The average Bonchev–Trinajstić information content (AvgIpc) is 2.42. The van der Waals surface area contributed by atoms with Gasteiger partial charge in [0.1, 0.15) is 0 Å². The maximum Gasteiger partial charge on any atom is 0.234 e. The van der Waals surface area contributed by atoms with E-state index in [-0.39, 0.29) is 5.91 Å². The van der Waals surface area contributed by atoms with Crippen LogP contribution in [0, 0.1) is 0 Å². The van der Waals surface area contributed by atoms with Gasteiger partial charge in [0.15, 0.2) is 0 Å². The predicted molar refractivity (Wildman–Crippen MR) is 76.8 cm³/mol. The average molecular weight is 261 g/mol. The van der Waals surface area contributed by atoms with Crippen molar-refractivity contribution in [3.05, 3.63) is 35.9 Å². The molecule has 1 aromatic carbocycles. The number of piperazine rings is 1. The molecule has 2 rings (SSSR count). The minimum Gasteiger partial charge on any atom is -0.355 e. The van der Waals surface area contributed by atoms with Crippen molar-refractivity contribution >= 4 is 5.91 Å². The quantitative estimate of drug-likeness (QED) is 0.857. The van der Waals surface area contributed by atoms with Gasteiger partial charge in [-0.1, -0.05) is 30.3 Å². The van der Waals surface area contributed by atoms with Gasteiger partial charge >= 0.3 is 0 Å². The van der Waals surface area contributed by atoms with Crippen LogP contribution in [0.25, 0.3) is 0 Å². The second-order valence-electron chi connectivity index (χ2n) is 4.99. The highest BCUT2D eigenvalue weighted by atomic mass is 16.2. The molecule has 1 N–H and O–H groups in total. The molecule has 4 nitrogen and oxygen atoms in total. The van der Waals surface area contributed by atoms with E-state index in [0.29, 0.717) is 13.1 Å². The standard InChI is InChI=1S/C15H23N3O/c1-2-16-15(19)13-18-10-8-17(9-11-18)12-14-6-4-3-5-7-14/h3-7H,2,8-13H2,1H3,(H,16,19). The molecule has 0 saturated carbocycles. The van der Waals surface area contributed by atoms with Gasteiger partial charge < -0.3 is 5.32 Å². The summed E-state index contributed by atoms with van der Waals surface area (Å²) in [6.45, 7) is 8.24. The molecular weight excluding hydrogens is 238 g/mol. The molecule has 4 heteroatoms. The van der Waals surface area contributed by atoms with Gasteiger partial charge in [0, 0.05) is 39.3 Å². The summed E-state index contributed by atoms with van der Waals surface area (Å²) in [5, 5.41) is 2.85. The molecule has 0 unspecified atom stereocenters. The summed E-state index contributed by atoms with van der Waals surface area (Å²) >= 11 is 0. The van der Waals surface area contributed by atoms with Gasteiger partial charge in [0.2, 0.25) is 5.91 Å². The van der Waals surface area contributed by atoms with Gasteiger partial charge in [-0.3, -0.25) is 14.6 Å². The second-order valence-corrected chi connectivity index (χ2v) is 4.99. The fourth-order valence-electron chi connectivity index (χ4n) is 2.40. The van der Waals surface area contributed by atoms with Gasteiger partial charge in [-0.25, -0.2) is 0 Å². The lowest BCUT2D eigenvalue weighted by Crippen LogP contribution is -2.49. The number of hydrogen-bond acceptors (Lipinski definition) is 3. The number of nitrogens with zero attached hydrogens (tertiary/aromatic N) is 2. The van der Waals surface area contributed by atoms with Crippen LogP contribution in [0.3, 0.4) is 0 Å². The predicted octanol–water partition coefficient (Wildman–Crippen LogP) is 0.940. The smallest absolute Gasteiger partial charge is 0.234 e.